The molecular formula is C18H26O10. The highest BCUT2D eigenvalue weighted by Crippen LogP contribution is 2.25. The van der Waals surface area contributed by atoms with Crippen molar-refractivity contribution in [3.05, 3.63) is 35.9 Å². The van der Waals surface area contributed by atoms with Gasteiger partial charge in [-0.15, -0.1) is 0 Å². The van der Waals surface area contributed by atoms with Gasteiger partial charge in [0.25, 0.3) is 0 Å². The van der Waals surface area contributed by atoms with Crippen LogP contribution in [0.4, 0.5) is 0 Å². The monoisotopic (exact) mass is 402 g/mol. The van der Waals surface area contributed by atoms with E-state index in [9.17, 15) is 30.6 Å². The van der Waals surface area contributed by atoms with Crippen molar-refractivity contribution in [2.24, 2.45) is 0 Å². The third-order valence-electron chi connectivity index (χ3n) is 4.80. The Kier molecular flexibility index (Phi) is 7.34. The summed E-state index contributed by atoms with van der Waals surface area (Å²) >= 11 is 0. The van der Waals surface area contributed by atoms with E-state index in [1.54, 1.807) is 0 Å². The third kappa shape index (κ3) is 4.86. The lowest BCUT2D eigenvalue weighted by atomic mass is 9.99. The molecule has 0 aromatic heterocycles. The number of rotatable bonds is 6. The largest absolute Gasteiger partial charge is 0.388 e. The van der Waals surface area contributed by atoms with Crippen LogP contribution in [0.1, 0.15) is 5.56 Å². The molecule has 0 aliphatic carbocycles. The molecule has 0 spiro atoms. The molecule has 1 aromatic rings. The van der Waals surface area contributed by atoms with Crippen LogP contribution in [0.5, 0.6) is 0 Å². The number of aliphatic hydroxyl groups is 6. The number of benzene rings is 1. The van der Waals surface area contributed by atoms with Gasteiger partial charge >= 0.3 is 0 Å². The van der Waals surface area contributed by atoms with E-state index in [0.717, 1.165) is 5.56 Å². The van der Waals surface area contributed by atoms with Gasteiger partial charge in [-0.1, -0.05) is 30.3 Å². The summed E-state index contributed by atoms with van der Waals surface area (Å²) in [5.41, 5.74) is 0.831. The Labute approximate surface area is 161 Å². The summed E-state index contributed by atoms with van der Waals surface area (Å²) in [5.74, 6) is 0. The summed E-state index contributed by atoms with van der Waals surface area (Å²) in [7, 11) is 0. The molecule has 28 heavy (non-hydrogen) atoms. The van der Waals surface area contributed by atoms with Crippen LogP contribution < -0.4 is 0 Å². The number of aliphatic hydroxyl groups excluding tert-OH is 6. The highest BCUT2D eigenvalue weighted by Gasteiger charge is 2.45. The molecule has 10 nitrogen and oxygen atoms in total. The van der Waals surface area contributed by atoms with Gasteiger partial charge in [0.1, 0.15) is 42.7 Å². The first-order chi connectivity index (χ1) is 13.4. The van der Waals surface area contributed by atoms with Gasteiger partial charge in [0.15, 0.2) is 12.6 Å². The second kappa shape index (κ2) is 9.55. The SMILES string of the molecule is O[C@@H]1[C@@H](O)[C@H](OCc2ccccc2)O[C@H](CO[C@@H]2OC[C@@H](O)[C@H](O)[C@H]2O)[C@H]1O. The van der Waals surface area contributed by atoms with Crippen molar-refractivity contribution in [1.29, 1.82) is 0 Å². The van der Waals surface area contributed by atoms with Crippen molar-refractivity contribution in [2.75, 3.05) is 13.2 Å². The fourth-order valence-corrected chi connectivity index (χ4v) is 3.06. The highest BCUT2D eigenvalue weighted by molar-refractivity contribution is 5.13. The van der Waals surface area contributed by atoms with Crippen LogP contribution in [-0.2, 0) is 25.6 Å². The zero-order chi connectivity index (χ0) is 20.3. The summed E-state index contributed by atoms with van der Waals surface area (Å²) in [6, 6.07) is 9.14. The Balaban J connectivity index is 1.56. The van der Waals surface area contributed by atoms with Gasteiger partial charge in [-0.25, -0.2) is 0 Å². The summed E-state index contributed by atoms with van der Waals surface area (Å²) in [5, 5.41) is 59.3. The molecule has 0 radical (unpaired) electrons. The van der Waals surface area contributed by atoms with Crippen LogP contribution in [0.3, 0.4) is 0 Å². The van der Waals surface area contributed by atoms with Crippen LogP contribution in [0, 0.1) is 0 Å². The average Bonchev–Trinajstić information content (AvgIpc) is 2.71. The molecule has 2 aliphatic heterocycles. The van der Waals surface area contributed by atoms with Crippen molar-refractivity contribution >= 4 is 0 Å². The molecule has 158 valence electrons. The van der Waals surface area contributed by atoms with Crippen molar-refractivity contribution in [2.45, 2.75) is 61.9 Å². The maximum Gasteiger partial charge on any atom is 0.187 e. The normalized spacial score (nSPS) is 41.7. The van der Waals surface area contributed by atoms with Gasteiger partial charge in [-0.05, 0) is 5.56 Å². The topological polar surface area (TPSA) is 158 Å². The van der Waals surface area contributed by atoms with Gasteiger partial charge in [0.2, 0.25) is 0 Å². The van der Waals surface area contributed by atoms with E-state index in [-0.39, 0.29) is 19.8 Å². The predicted octanol–water partition coefficient (Wildman–Crippen LogP) is -2.53. The number of hydrogen-bond donors (Lipinski definition) is 6. The van der Waals surface area contributed by atoms with Crippen LogP contribution in [0.15, 0.2) is 30.3 Å². The molecule has 2 fully saturated rings. The zero-order valence-corrected chi connectivity index (χ0v) is 15.0. The molecular weight excluding hydrogens is 376 g/mol. The van der Waals surface area contributed by atoms with E-state index in [1.165, 1.54) is 0 Å². The lowest BCUT2D eigenvalue weighted by molar-refractivity contribution is -0.322. The lowest BCUT2D eigenvalue weighted by Crippen LogP contribution is -2.60. The molecule has 6 N–H and O–H groups in total. The summed E-state index contributed by atoms with van der Waals surface area (Å²) in [6.45, 7) is -0.435. The van der Waals surface area contributed by atoms with Crippen LogP contribution in [-0.4, -0.2) is 99.2 Å². The predicted molar refractivity (Wildman–Crippen MR) is 91.6 cm³/mol. The molecule has 2 aliphatic rings. The fourth-order valence-electron chi connectivity index (χ4n) is 3.06. The Morgan fingerprint density at radius 3 is 2.18 bits per heavy atom. The van der Waals surface area contributed by atoms with Gasteiger partial charge in [-0.2, -0.15) is 0 Å². The van der Waals surface area contributed by atoms with Gasteiger partial charge in [-0.3, -0.25) is 0 Å². The quantitative estimate of drug-likeness (QED) is 0.300. The van der Waals surface area contributed by atoms with Crippen molar-refractivity contribution in [3.8, 4) is 0 Å². The Hall–Kier alpha value is -1.18. The molecule has 0 saturated carbocycles. The molecule has 0 bridgehead atoms. The first-order valence-corrected chi connectivity index (χ1v) is 9.01. The molecule has 3 rings (SSSR count). The second-order valence-electron chi connectivity index (χ2n) is 6.89. The minimum absolute atomic E-state index is 0.119. The van der Waals surface area contributed by atoms with Crippen LogP contribution in [0.2, 0.25) is 0 Å². The highest BCUT2D eigenvalue weighted by atomic mass is 16.7. The van der Waals surface area contributed by atoms with Crippen molar-refractivity contribution in [3.63, 3.8) is 0 Å². The summed E-state index contributed by atoms with van der Waals surface area (Å²) < 4.78 is 21.5. The fraction of sp³-hybridized carbons (Fsp3) is 0.667. The van der Waals surface area contributed by atoms with Gasteiger partial charge in [0.05, 0.1) is 19.8 Å². The second-order valence-corrected chi connectivity index (χ2v) is 6.89. The molecule has 2 saturated heterocycles. The van der Waals surface area contributed by atoms with Crippen LogP contribution in [0.25, 0.3) is 0 Å². The standard InChI is InChI=1S/C18H26O10/c19-10-7-26-17(15(23)12(10)20)27-8-11-13(21)14(22)16(24)18(28-11)25-6-9-4-2-1-3-5-9/h1-5,10-24H,6-8H2/t10-,11-,12+,13-,14+,15-,16-,17+,18-/m1/s1. The Bertz CT molecular complexity index is 601. The van der Waals surface area contributed by atoms with Gasteiger partial charge < -0.3 is 49.6 Å². The summed E-state index contributed by atoms with van der Waals surface area (Å²) in [4.78, 5) is 0. The Morgan fingerprint density at radius 2 is 1.46 bits per heavy atom. The summed E-state index contributed by atoms with van der Waals surface area (Å²) in [6.07, 6.45) is -12.2. The maximum absolute atomic E-state index is 10.1. The first-order valence-electron chi connectivity index (χ1n) is 9.01. The number of ether oxygens (including phenoxy) is 4. The van der Waals surface area contributed by atoms with E-state index < -0.39 is 55.3 Å². The van der Waals surface area contributed by atoms with Crippen LogP contribution >= 0.6 is 0 Å². The van der Waals surface area contributed by atoms with E-state index >= 15 is 0 Å². The maximum atomic E-state index is 10.1. The van der Waals surface area contributed by atoms with Crippen molar-refractivity contribution in [1.82, 2.24) is 0 Å². The first kappa shape index (κ1) is 21.5. The van der Waals surface area contributed by atoms with E-state index in [1.807, 2.05) is 30.3 Å². The third-order valence-corrected chi connectivity index (χ3v) is 4.80. The van der Waals surface area contributed by atoms with Gasteiger partial charge in [0, 0.05) is 0 Å². The zero-order valence-electron chi connectivity index (χ0n) is 15.0. The smallest absolute Gasteiger partial charge is 0.187 e. The molecule has 0 amide bonds. The molecule has 10 heteroatoms. The molecule has 2 heterocycles. The minimum atomic E-state index is -1.53. The molecule has 0 unspecified atom stereocenters. The number of hydrogen-bond acceptors (Lipinski definition) is 10. The Morgan fingerprint density at radius 1 is 0.786 bits per heavy atom. The van der Waals surface area contributed by atoms with E-state index in [4.69, 9.17) is 18.9 Å². The average molecular weight is 402 g/mol. The van der Waals surface area contributed by atoms with E-state index in [2.05, 4.69) is 0 Å². The lowest BCUT2D eigenvalue weighted by Gasteiger charge is -2.41. The molecule has 1 aromatic carbocycles. The van der Waals surface area contributed by atoms with E-state index in [0.29, 0.717) is 0 Å². The minimum Gasteiger partial charge on any atom is -0.388 e. The van der Waals surface area contributed by atoms with Crippen molar-refractivity contribution < 1.29 is 49.6 Å². The molecule has 9 atom stereocenters.